The molecule has 20 heavy (non-hydrogen) atoms. The van der Waals surface area contributed by atoms with Crippen LogP contribution in [0.15, 0.2) is 24.3 Å². The van der Waals surface area contributed by atoms with E-state index in [1.807, 2.05) is 12.1 Å². The van der Waals surface area contributed by atoms with E-state index in [4.69, 9.17) is 0 Å². The topological polar surface area (TPSA) is 24.5 Å². The number of benzene rings is 1. The summed E-state index contributed by atoms with van der Waals surface area (Å²) in [6, 6.07) is 8.27. The van der Waals surface area contributed by atoms with Crippen LogP contribution >= 0.6 is 0 Å². The van der Waals surface area contributed by atoms with E-state index in [-0.39, 0.29) is 5.75 Å². The highest BCUT2D eigenvalue weighted by Gasteiger charge is 2.28. The Balaban J connectivity index is 1.57. The maximum absolute atomic E-state index is 12.1. The van der Waals surface area contributed by atoms with Gasteiger partial charge in [-0.15, -0.1) is 0 Å². The number of hydrogen-bond acceptors (Lipinski definition) is 3. The minimum absolute atomic E-state index is 0.223. The van der Waals surface area contributed by atoms with Crippen molar-refractivity contribution in [2.45, 2.75) is 44.5 Å². The number of nitrogens with zero attached hydrogens (tertiary/aromatic N) is 1. The van der Waals surface area contributed by atoms with Crippen LogP contribution in [0.25, 0.3) is 0 Å². The highest BCUT2D eigenvalue weighted by Crippen LogP contribution is 2.22. The molecule has 2 heterocycles. The Labute approximate surface area is 117 Å². The molecule has 1 N–H and O–H groups in total. The zero-order valence-corrected chi connectivity index (χ0v) is 11.4. The van der Waals surface area contributed by atoms with Gasteiger partial charge in [0.2, 0.25) is 0 Å². The van der Waals surface area contributed by atoms with Gasteiger partial charge in [-0.1, -0.05) is 12.1 Å². The molecular formula is C15H20F2N2O. The Hall–Kier alpha value is -1.20. The summed E-state index contributed by atoms with van der Waals surface area (Å²) in [4.78, 5) is 2.44. The average Bonchev–Trinajstić information content (AvgIpc) is 2.74. The molecule has 0 spiro atoms. The third kappa shape index (κ3) is 3.46. The summed E-state index contributed by atoms with van der Waals surface area (Å²) in [5.74, 6) is 0.223. The highest BCUT2D eigenvalue weighted by atomic mass is 19.3. The number of alkyl halides is 2. The number of nitrogens with one attached hydrogen (secondary N) is 1. The van der Waals surface area contributed by atoms with Gasteiger partial charge >= 0.3 is 6.61 Å². The maximum atomic E-state index is 12.1. The molecule has 0 radical (unpaired) electrons. The lowest BCUT2D eigenvalue weighted by atomic mass is 10.1. The first kappa shape index (κ1) is 13.8. The molecule has 3 nitrogen and oxygen atoms in total. The fourth-order valence-corrected chi connectivity index (χ4v) is 3.19. The number of likely N-dealkylation sites (tertiary alicyclic amines) is 1. The van der Waals surface area contributed by atoms with E-state index < -0.39 is 6.61 Å². The Bertz CT molecular complexity index is 438. The van der Waals surface area contributed by atoms with Gasteiger partial charge in [0.25, 0.3) is 0 Å². The van der Waals surface area contributed by atoms with E-state index in [0.717, 1.165) is 25.2 Å². The third-order valence-electron chi connectivity index (χ3n) is 4.16. The zero-order chi connectivity index (χ0) is 13.9. The van der Waals surface area contributed by atoms with Gasteiger partial charge in [-0.2, -0.15) is 8.78 Å². The minimum atomic E-state index is -2.76. The van der Waals surface area contributed by atoms with Crippen molar-refractivity contribution in [3.05, 3.63) is 29.8 Å². The lowest BCUT2D eigenvalue weighted by molar-refractivity contribution is -0.0498. The number of rotatable bonds is 4. The molecule has 0 aliphatic carbocycles. The Morgan fingerprint density at radius 1 is 1.15 bits per heavy atom. The van der Waals surface area contributed by atoms with E-state index in [1.165, 1.54) is 19.3 Å². The van der Waals surface area contributed by atoms with Crippen molar-refractivity contribution in [2.75, 3.05) is 13.1 Å². The summed E-state index contributed by atoms with van der Waals surface area (Å²) in [6.45, 7) is 0.294. The van der Waals surface area contributed by atoms with Crippen molar-refractivity contribution in [3.63, 3.8) is 0 Å². The van der Waals surface area contributed by atoms with Crippen molar-refractivity contribution in [2.24, 2.45) is 0 Å². The van der Waals surface area contributed by atoms with Crippen molar-refractivity contribution < 1.29 is 13.5 Å². The molecule has 2 aliphatic heterocycles. The number of fused-ring (bicyclic) bond motifs is 2. The summed E-state index contributed by atoms with van der Waals surface area (Å²) in [6.07, 6.45) is 3.77. The summed E-state index contributed by atoms with van der Waals surface area (Å²) in [5, 5.41) is 3.65. The quantitative estimate of drug-likeness (QED) is 0.918. The van der Waals surface area contributed by atoms with Crippen LogP contribution in [0, 0.1) is 0 Å². The van der Waals surface area contributed by atoms with Gasteiger partial charge in [-0.05, 0) is 37.0 Å². The molecular weight excluding hydrogens is 262 g/mol. The third-order valence-corrected chi connectivity index (χ3v) is 4.16. The van der Waals surface area contributed by atoms with Gasteiger partial charge in [-0.3, -0.25) is 4.90 Å². The summed E-state index contributed by atoms with van der Waals surface area (Å²) in [7, 11) is 0. The number of ether oxygens (including phenoxy) is 1. The molecule has 2 aliphatic rings. The van der Waals surface area contributed by atoms with Crippen molar-refractivity contribution in [3.8, 4) is 5.75 Å². The second-order valence-corrected chi connectivity index (χ2v) is 5.68. The van der Waals surface area contributed by atoms with Crippen LogP contribution in [0.4, 0.5) is 8.78 Å². The normalized spacial score (nSPS) is 26.8. The molecule has 0 amide bonds. The second kappa shape index (κ2) is 6.06. The van der Waals surface area contributed by atoms with E-state index in [9.17, 15) is 8.78 Å². The van der Waals surface area contributed by atoms with Crippen LogP contribution in [0.3, 0.4) is 0 Å². The minimum Gasteiger partial charge on any atom is -0.435 e. The highest BCUT2D eigenvalue weighted by molar-refractivity contribution is 5.27. The number of halogens is 2. The van der Waals surface area contributed by atoms with Crippen LogP contribution < -0.4 is 10.1 Å². The van der Waals surface area contributed by atoms with Crippen LogP contribution in [0.2, 0.25) is 0 Å². The zero-order valence-electron chi connectivity index (χ0n) is 11.4. The van der Waals surface area contributed by atoms with E-state index in [2.05, 4.69) is 15.0 Å². The largest absolute Gasteiger partial charge is 0.435 e. The predicted molar refractivity (Wildman–Crippen MR) is 72.9 cm³/mol. The lowest BCUT2D eigenvalue weighted by Crippen LogP contribution is -2.34. The lowest BCUT2D eigenvalue weighted by Gasteiger charge is -2.24. The molecule has 110 valence electrons. The van der Waals surface area contributed by atoms with Crippen molar-refractivity contribution >= 4 is 0 Å². The first-order chi connectivity index (χ1) is 9.69. The van der Waals surface area contributed by atoms with Gasteiger partial charge < -0.3 is 10.1 Å². The molecule has 2 saturated heterocycles. The fraction of sp³-hybridized carbons (Fsp3) is 0.600. The predicted octanol–water partition coefficient (Wildman–Crippen LogP) is 2.61. The summed E-state index contributed by atoms with van der Waals surface area (Å²) in [5.41, 5.74) is 1.14. The monoisotopic (exact) mass is 282 g/mol. The number of hydrogen-bond donors (Lipinski definition) is 1. The second-order valence-electron chi connectivity index (χ2n) is 5.68. The SMILES string of the molecule is FC(F)Oc1ccc(CN2CCC3CCC(C2)N3)cc1. The maximum Gasteiger partial charge on any atom is 0.387 e. The van der Waals surface area contributed by atoms with Gasteiger partial charge in [-0.25, -0.2) is 0 Å². The smallest absolute Gasteiger partial charge is 0.387 e. The van der Waals surface area contributed by atoms with Crippen LogP contribution in [0.5, 0.6) is 5.75 Å². The molecule has 0 saturated carbocycles. The molecule has 1 aromatic carbocycles. The molecule has 2 unspecified atom stereocenters. The van der Waals surface area contributed by atoms with Crippen LogP contribution in [0.1, 0.15) is 24.8 Å². The average molecular weight is 282 g/mol. The molecule has 2 bridgehead atoms. The molecule has 2 atom stereocenters. The van der Waals surface area contributed by atoms with E-state index in [0.29, 0.717) is 12.1 Å². The van der Waals surface area contributed by atoms with Crippen LogP contribution in [-0.2, 0) is 6.54 Å². The Morgan fingerprint density at radius 2 is 1.90 bits per heavy atom. The van der Waals surface area contributed by atoms with Gasteiger partial charge in [0.05, 0.1) is 0 Å². The van der Waals surface area contributed by atoms with Crippen LogP contribution in [-0.4, -0.2) is 36.7 Å². The standard InChI is InChI=1S/C15H20F2N2O/c16-15(17)20-14-5-1-11(2-6-14)9-19-8-7-12-3-4-13(10-19)18-12/h1-2,5-6,12-13,15,18H,3-4,7-10H2. The summed E-state index contributed by atoms with van der Waals surface area (Å²) < 4.78 is 28.5. The molecule has 2 fully saturated rings. The van der Waals surface area contributed by atoms with E-state index in [1.54, 1.807) is 12.1 Å². The molecule has 5 heteroatoms. The van der Waals surface area contributed by atoms with Gasteiger partial charge in [0, 0.05) is 31.7 Å². The first-order valence-electron chi connectivity index (χ1n) is 7.21. The van der Waals surface area contributed by atoms with Gasteiger partial charge in [0.1, 0.15) is 5.75 Å². The summed E-state index contributed by atoms with van der Waals surface area (Å²) >= 11 is 0. The fourth-order valence-electron chi connectivity index (χ4n) is 3.19. The van der Waals surface area contributed by atoms with Gasteiger partial charge in [0.15, 0.2) is 0 Å². The van der Waals surface area contributed by atoms with Crippen molar-refractivity contribution in [1.29, 1.82) is 0 Å². The molecule has 0 aromatic heterocycles. The van der Waals surface area contributed by atoms with Crippen molar-refractivity contribution in [1.82, 2.24) is 10.2 Å². The van der Waals surface area contributed by atoms with E-state index >= 15 is 0 Å². The Morgan fingerprint density at radius 3 is 2.65 bits per heavy atom. The molecule has 3 rings (SSSR count). The first-order valence-corrected chi connectivity index (χ1v) is 7.21. The molecule has 1 aromatic rings. The Kier molecular flexibility index (Phi) is 4.17.